The first-order valence-corrected chi connectivity index (χ1v) is 9.30. The minimum absolute atomic E-state index is 0.123. The summed E-state index contributed by atoms with van der Waals surface area (Å²) in [5.74, 6) is -0.135. The Morgan fingerprint density at radius 3 is 2.88 bits per heavy atom. The molecule has 2 heterocycles. The number of anilines is 1. The van der Waals surface area contributed by atoms with Crippen LogP contribution in [0.3, 0.4) is 0 Å². The number of unbranched alkanes of at least 4 members (excludes halogenated alkanes) is 2. The van der Waals surface area contributed by atoms with Crippen molar-refractivity contribution in [3.63, 3.8) is 0 Å². The van der Waals surface area contributed by atoms with Gasteiger partial charge in [0.1, 0.15) is 10.7 Å². The lowest BCUT2D eigenvalue weighted by Crippen LogP contribution is -2.13. The molecule has 2 aromatic heterocycles. The molecule has 0 saturated heterocycles. The second-order valence-electron chi connectivity index (χ2n) is 6.17. The zero-order valence-electron chi connectivity index (χ0n) is 14.1. The van der Waals surface area contributed by atoms with Gasteiger partial charge in [-0.25, -0.2) is 0 Å². The van der Waals surface area contributed by atoms with E-state index in [1.807, 2.05) is 6.92 Å². The van der Waals surface area contributed by atoms with Gasteiger partial charge in [-0.2, -0.15) is 0 Å². The van der Waals surface area contributed by atoms with Gasteiger partial charge in [-0.3, -0.25) is 14.9 Å². The monoisotopic (exact) mass is 346 g/mol. The molecule has 1 aliphatic rings. The minimum Gasteiger partial charge on any atom is -0.354 e. The molecule has 6 nitrogen and oxygen atoms in total. The van der Waals surface area contributed by atoms with Crippen molar-refractivity contribution in [1.82, 2.24) is 15.2 Å². The average molecular weight is 346 g/mol. The number of ketones is 1. The number of aryl methyl sites for hydroxylation is 2. The van der Waals surface area contributed by atoms with Crippen molar-refractivity contribution >= 4 is 28.2 Å². The average Bonchev–Trinajstić information content (AvgIpc) is 3.13. The molecule has 1 aliphatic carbocycles. The third-order valence-corrected chi connectivity index (χ3v) is 5.24. The highest BCUT2D eigenvalue weighted by Gasteiger charge is 2.26. The van der Waals surface area contributed by atoms with Gasteiger partial charge in [-0.15, -0.1) is 10.2 Å². The maximum Gasteiger partial charge on any atom is 0.274 e. The molecule has 0 unspecified atom stereocenters. The maximum absolute atomic E-state index is 12.5. The van der Waals surface area contributed by atoms with E-state index in [0.717, 1.165) is 48.4 Å². The van der Waals surface area contributed by atoms with Crippen LogP contribution in [0.4, 0.5) is 5.13 Å². The van der Waals surface area contributed by atoms with Crippen LogP contribution < -0.4 is 5.32 Å². The second kappa shape index (κ2) is 7.25. The zero-order valence-corrected chi connectivity index (χ0v) is 14.9. The lowest BCUT2D eigenvalue weighted by Gasteiger charge is -2.09. The highest BCUT2D eigenvalue weighted by molar-refractivity contribution is 7.15. The Morgan fingerprint density at radius 2 is 2.12 bits per heavy atom. The van der Waals surface area contributed by atoms with E-state index in [0.29, 0.717) is 22.8 Å². The molecule has 0 saturated carbocycles. The van der Waals surface area contributed by atoms with E-state index in [1.54, 1.807) is 0 Å². The maximum atomic E-state index is 12.5. The quantitative estimate of drug-likeness (QED) is 0.781. The van der Waals surface area contributed by atoms with Gasteiger partial charge in [0.15, 0.2) is 5.78 Å². The number of amides is 1. The number of carbonyl (C=O) groups excluding carboxylic acids is 2. The molecule has 2 aromatic rings. The fraction of sp³-hybridized carbons (Fsp3) is 0.529. The number of nitrogens with one attached hydrogen (secondary N) is 2. The van der Waals surface area contributed by atoms with E-state index in [1.165, 1.54) is 17.8 Å². The number of rotatable bonds is 6. The highest BCUT2D eigenvalue weighted by atomic mass is 32.1. The van der Waals surface area contributed by atoms with Crippen LogP contribution in [0.1, 0.15) is 76.1 Å². The van der Waals surface area contributed by atoms with E-state index >= 15 is 0 Å². The van der Waals surface area contributed by atoms with Crippen molar-refractivity contribution in [3.05, 3.63) is 27.5 Å². The third-order valence-electron chi connectivity index (χ3n) is 4.35. The number of Topliss-reactive ketones (excluding diaryl/α,β-unsaturated/α-hetero) is 1. The van der Waals surface area contributed by atoms with E-state index in [-0.39, 0.29) is 11.7 Å². The van der Waals surface area contributed by atoms with Crippen molar-refractivity contribution in [3.8, 4) is 0 Å². The van der Waals surface area contributed by atoms with Crippen LogP contribution in [0, 0.1) is 6.92 Å². The molecule has 2 N–H and O–H groups in total. The molecule has 0 aromatic carbocycles. The molecule has 3 rings (SSSR count). The highest BCUT2D eigenvalue weighted by Crippen LogP contribution is 2.27. The first-order valence-electron chi connectivity index (χ1n) is 8.48. The Bertz CT molecular complexity index is 763. The van der Waals surface area contributed by atoms with Crippen LogP contribution in [0.5, 0.6) is 0 Å². The van der Waals surface area contributed by atoms with E-state index < -0.39 is 0 Å². The largest absolute Gasteiger partial charge is 0.354 e. The van der Waals surface area contributed by atoms with Gasteiger partial charge in [-0.05, 0) is 31.7 Å². The number of hydrogen-bond donors (Lipinski definition) is 2. The zero-order chi connectivity index (χ0) is 17.1. The second-order valence-corrected chi connectivity index (χ2v) is 7.23. The summed E-state index contributed by atoms with van der Waals surface area (Å²) in [7, 11) is 0. The fourth-order valence-electron chi connectivity index (χ4n) is 3.09. The van der Waals surface area contributed by atoms with Crippen LogP contribution in [0.2, 0.25) is 0 Å². The van der Waals surface area contributed by atoms with E-state index in [9.17, 15) is 9.59 Å². The van der Waals surface area contributed by atoms with E-state index in [4.69, 9.17) is 0 Å². The lowest BCUT2D eigenvalue weighted by atomic mass is 9.94. The number of carbonyl (C=O) groups is 2. The normalized spacial score (nSPS) is 13.8. The summed E-state index contributed by atoms with van der Waals surface area (Å²) in [6.45, 7) is 3.98. The topological polar surface area (TPSA) is 87.7 Å². The van der Waals surface area contributed by atoms with Crippen molar-refractivity contribution < 1.29 is 9.59 Å². The smallest absolute Gasteiger partial charge is 0.274 e. The first-order chi connectivity index (χ1) is 11.6. The summed E-state index contributed by atoms with van der Waals surface area (Å²) in [4.78, 5) is 27.7. The third kappa shape index (κ3) is 3.40. The van der Waals surface area contributed by atoms with E-state index in [2.05, 4.69) is 27.4 Å². The molecule has 24 heavy (non-hydrogen) atoms. The molecule has 0 fully saturated rings. The van der Waals surface area contributed by atoms with Gasteiger partial charge < -0.3 is 4.98 Å². The molecule has 0 bridgehead atoms. The number of aromatic nitrogens is 3. The molecular weight excluding hydrogens is 324 g/mol. The van der Waals surface area contributed by atoms with Gasteiger partial charge in [0.25, 0.3) is 5.91 Å². The Kier molecular flexibility index (Phi) is 5.08. The van der Waals surface area contributed by atoms with Crippen molar-refractivity contribution in [1.29, 1.82) is 0 Å². The van der Waals surface area contributed by atoms with Crippen LogP contribution >= 0.6 is 11.3 Å². The van der Waals surface area contributed by atoms with Gasteiger partial charge in [0.2, 0.25) is 5.13 Å². The molecule has 0 atom stereocenters. The fourth-order valence-corrected chi connectivity index (χ4v) is 3.87. The number of H-pyrrole nitrogens is 1. The predicted octanol–water partition coefficient (Wildman–Crippen LogP) is 3.68. The SMILES string of the molecule is CCCCCc1nnc(NC(=O)c2[nH]c3c(c2C)C(=O)CCC3)s1. The number of aromatic amines is 1. The standard InChI is InChI=1S/C17H22N4O2S/c1-3-4-5-9-13-20-21-17(24-13)19-16(23)15-10(2)14-11(18-15)7-6-8-12(14)22/h18H,3-9H2,1-2H3,(H,19,21,23). The first kappa shape index (κ1) is 16.8. The summed E-state index contributed by atoms with van der Waals surface area (Å²) in [5, 5.41) is 12.4. The van der Waals surface area contributed by atoms with Gasteiger partial charge in [-0.1, -0.05) is 31.1 Å². The lowest BCUT2D eigenvalue weighted by molar-refractivity contribution is 0.0971. The Labute approximate surface area is 145 Å². The van der Waals surface area contributed by atoms with Gasteiger partial charge in [0.05, 0.1) is 0 Å². The van der Waals surface area contributed by atoms with Crippen LogP contribution in [-0.4, -0.2) is 26.9 Å². The summed E-state index contributed by atoms with van der Waals surface area (Å²) >= 11 is 1.41. The summed E-state index contributed by atoms with van der Waals surface area (Å²) < 4.78 is 0. The van der Waals surface area contributed by atoms with Crippen molar-refractivity contribution in [2.75, 3.05) is 5.32 Å². The molecular formula is C17H22N4O2S. The number of nitrogens with zero attached hydrogens (tertiary/aromatic N) is 2. The number of hydrogen-bond acceptors (Lipinski definition) is 5. The van der Waals surface area contributed by atoms with Crippen LogP contribution in [0.25, 0.3) is 0 Å². The Balaban J connectivity index is 1.71. The molecule has 128 valence electrons. The molecule has 7 heteroatoms. The summed E-state index contributed by atoms with van der Waals surface area (Å²) in [6.07, 6.45) is 6.53. The van der Waals surface area contributed by atoms with Gasteiger partial charge in [0, 0.05) is 24.1 Å². The minimum atomic E-state index is -0.258. The number of fused-ring (bicyclic) bond motifs is 1. The Hall–Kier alpha value is -2.02. The molecule has 0 spiro atoms. The molecule has 0 aliphatic heterocycles. The summed E-state index contributed by atoms with van der Waals surface area (Å²) in [5.41, 5.74) is 2.77. The Morgan fingerprint density at radius 1 is 1.29 bits per heavy atom. The van der Waals surface area contributed by atoms with Crippen molar-refractivity contribution in [2.24, 2.45) is 0 Å². The van der Waals surface area contributed by atoms with Crippen LogP contribution in [0.15, 0.2) is 0 Å². The predicted molar refractivity (Wildman–Crippen MR) is 93.9 cm³/mol. The molecule has 1 amide bonds. The summed E-state index contributed by atoms with van der Waals surface area (Å²) in [6, 6.07) is 0. The molecule has 0 radical (unpaired) electrons. The van der Waals surface area contributed by atoms with Crippen LogP contribution in [-0.2, 0) is 12.8 Å². The van der Waals surface area contributed by atoms with Gasteiger partial charge >= 0.3 is 0 Å². The van der Waals surface area contributed by atoms with Crippen molar-refractivity contribution in [2.45, 2.75) is 58.8 Å².